The van der Waals surface area contributed by atoms with Gasteiger partial charge in [0.25, 0.3) is 0 Å². The van der Waals surface area contributed by atoms with Crippen molar-refractivity contribution in [2.24, 2.45) is 29.1 Å². The van der Waals surface area contributed by atoms with E-state index in [1.807, 2.05) is 6.08 Å². The van der Waals surface area contributed by atoms with E-state index in [4.69, 9.17) is 0 Å². The average molecular weight is 331 g/mol. The van der Waals surface area contributed by atoms with E-state index in [9.17, 15) is 4.79 Å². The summed E-state index contributed by atoms with van der Waals surface area (Å²) in [4.78, 5) is 12.0. The van der Waals surface area contributed by atoms with Crippen molar-refractivity contribution in [3.8, 4) is 0 Å². The number of carbonyl (C=O) groups excluding carboxylic acids is 1. The molecule has 0 aromatic carbocycles. The summed E-state index contributed by atoms with van der Waals surface area (Å²) in [6.45, 7) is 16.8. The Bertz CT molecular complexity index is 445. The predicted molar refractivity (Wildman–Crippen MR) is 106 cm³/mol. The SMILES string of the molecule is C=CCCC[C@](C)(/C=C/[C@@H]1C[C@H](C)CC[C@H]1C(C)C)CC(=O)C=C. The highest BCUT2D eigenvalue weighted by Gasteiger charge is 2.30. The van der Waals surface area contributed by atoms with Crippen molar-refractivity contribution in [2.45, 2.75) is 72.6 Å². The first-order valence-corrected chi connectivity index (χ1v) is 9.77. The molecule has 24 heavy (non-hydrogen) atoms. The van der Waals surface area contributed by atoms with Crippen LogP contribution in [-0.4, -0.2) is 5.78 Å². The second kappa shape index (κ2) is 10.0. The van der Waals surface area contributed by atoms with Crippen LogP contribution < -0.4 is 0 Å². The lowest BCUT2D eigenvalue weighted by Crippen LogP contribution is -2.27. The Kier molecular flexibility index (Phi) is 8.73. The van der Waals surface area contributed by atoms with Gasteiger partial charge in [-0.1, -0.05) is 58.9 Å². The van der Waals surface area contributed by atoms with E-state index in [2.05, 4.69) is 53.0 Å². The molecule has 1 aliphatic carbocycles. The summed E-state index contributed by atoms with van der Waals surface area (Å²) in [6, 6.07) is 0. The quantitative estimate of drug-likeness (QED) is 0.246. The first kappa shape index (κ1) is 20.9. The lowest BCUT2D eigenvalue weighted by Gasteiger charge is -2.36. The normalized spacial score (nSPS) is 27.1. The van der Waals surface area contributed by atoms with E-state index in [1.165, 1.54) is 25.3 Å². The van der Waals surface area contributed by atoms with Crippen molar-refractivity contribution < 1.29 is 4.79 Å². The van der Waals surface area contributed by atoms with Crippen LogP contribution in [0.5, 0.6) is 0 Å². The Morgan fingerprint density at radius 1 is 1.29 bits per heavy atom. The maximum atomic E-state index is 12.0. The van der Waals surface area contributed by atoms with Gasteiger partial charge in [0.15, 0.2) is 5.78 Å². The van der Waals surface area contributed by atoms with Crippen LogP contribution in [0.15, 0.2) is 37.5 Å². The summed E-state index contributed by atoms with van der Waals surface area (Å²) in [7, 11) is 0. The Hall–Kier alpha value is -1.11. The van der Waals surface area contributed by atoms with Crippen LogP contribution in [0.25, 0.3) is 0 Å². The van der Waals surface area contributed by atoms with Crippen LogP contribution in [-0.2, 0) is 4.79 Å². The third-order valence-corrected chi connectivity index (χ3v) is 5.78. The molecule has 0 aliphatic heterocycles. The molecule has 1 nitrogen and oxygen atoms in total. The minimum Gasteiger partial charge on any atom is -0.295 e. The van der Waals surface area contributed by atoms with E-state index < -0.39 is 0 Å². The summed E-state index contributed by atoms with van der Waals surface area (Å²) in [5.41, 5.74) is -0.0590. The zero-order valence-corrected chi connectivity index (χ0v) is 16.4. The maximum absolute atomic E-state index is 12.0. The molecule has 1 heteroatoms. The molecule has 0 bridgehead atoms. The number of hydrogen-bond acceptors (Lipinski definition) is 1. The first-order valence-electron chi connectivity index (χ1n) is 9.77. The van der Waals surface area contributed by atoms with Gasteiger partial charge in [-0.05, 0) is 67.3 Å². The molecule has 0 heterocycles. The highest BCUT2D eigenvalue weighted by Crippen LogP contribution is 2.40. The molecule has 0 unspecified atom stereocenters. The minimum atomic E-state index is -0.0590. The molecule has 0 amide bonds. The summed E-state index contributed by atoms with van der Waals surface area (Å²) < 4.78 is 0. The van der Waals surface area contributed by atoms with Gasteiger partial charge < -0.3 is 0 Å². The summed E-state index contributed by atoms with van der Waals surface area (Å²) in [5.74, 6) is 3.14. The summed E-state index contributed by atoms with van der Waals surface area (Å²) >= 11 is 0. The van der Waals surface area contributed by atoms with Gasteiger partial charge in [0.2, 0.25) is 0 Å². The Labute approximate surface area is 150 Å². The fourth-order valence-corrected chi connectivity index (χ4v) is 4.20. The number of hydrogen-bond donors (Lipinski definition) is 0. The molecule has 1 saturated carbocycles. The standard InChI is InChI=1S/C23H38O/c1-7-9-10-14-23(6,17-21(24)8-2)15-13-20-16-19(5)11-12-22(20)18(3)4/h7-8,13,15,18-20,22H,1-2,9-12,14,16-17H2,3-6H3/b15-13+/t19-,20-,22+,23-/m1/s1. The van der Waals surface area contributed by atoms with Gasteiger partial charge in [-0.3, -0.25) is 4.79 Å². The first-order chi connectivity index (χ1) is 11.3. The third-order valence-electron chi connectivity index (χ3n) is 5.78. The molecule has 1 fully saturated rings. The zero-order chi connectivity index (χ0) is 18.2. The molecule has 136 valence electrons. The van der Waals surface area contributed by atoms with Gasteiger partial charge in [0.1, 0.15) is 0 Å². The fraction of sp³-hybridized carbons (Fsp3) is 0.696. The maximum Gasteiger partial charge on any atom is 0.155 e. The van der Waals surface area contributed by atoms with E-state index in [0.717, 1.165) is 37.0 Å². The van der Waals surface area contributed by atoms with Crippen LogP contribution >= 0.6 is 0 Å². The molecule has 0 radical (unpaired) electrons. The molecule has 0 spiro atoms. The topological polar surface area (TPSA) is 17.1 Å². The van der Waals surface area contributed by atoms with Crippen molar-refractivity contribution in [2.75, 3.05) is 0 Å². The zero-order valence-electron chi connectivity index (χ0n) is 16.4. The fourth-order valence-electron chi connectivity index (χ4n) is 4.20. The van der Waals surface area contributed by atoms with Crippen molar-refractivity contribution in [3.63, 3.8) is 0 Å². The molecule has 0 saturated heterocycles. The summed E-state index contributed by atoms with van der Waals surface area (Å²) in [6.07, 6.45) is 15.9. The average Bonchev–Trinajstić information content (AvgIpc) is 2.53. The Morgan fingerprint density at radius 3 is 2.58 bits per heavy atom. The van der Waals surface area contributed by atoms with Gasteiger partial charge >= 0.3 is 0 Å². The predicted octanol–water partition coefficient (Wildman–Crippen LogP) is 6.76. The molecule has 1 aliphatic rings. The second-order valence-corrected chi connectivity index (χ2v) is 8.53. The lowest BCUT2D eigenvalue weighted by molar-refractivity contribution is -0.116. The molecule has 0 aromatic rings. The highest BCUT2D eigenvalue weighted by atomic mass is 16.1. The van der Waals surface area contributed by atoms with Crippen LogP contribution in [0.1, 0.15) is 72.6 Å². The van der Waals surface area contributed by atoms with Crippen molar-refractivity contribution in [1.82, 2.24) is 0 Å². The molecular weight excluding hydrogens is 292 g/mol. The van der Waals surface area contributed by atoms with Gasteiger partial charge in [-0.15, -0.1) is 6.58 Å². The van der Waals surface area contributed by atoms with Gasteiger partial charge in [-0.2, -0.15) is 0 Å². The largest absolute Gasteiger partial charge is 0.295 e. The Balaban J connectivity index is 2.87. The van der Waals surface area contributed by atoms with Crippen LogP contribution in [0.2, 0.25) is 0 Å². The van der Waals surface area contributed by atoms with Crippen molar-refractivity contribution in [3.05, 3.63) is 37.5 Å². The molecular formula is C23H38O. The molecule has 1 rings (SSSR count). The van der Waals surface area contributed by atoms with E-state index in [-0.39, 0.29) is 11.2 Å². The molecule has 4 atom stereocenters. The van der Waals surface area contributed by atoms with E-state index in [0.29, 0.717) is 12.3 Å². The van der Waals surface area contributed by atoms with Crippen molar-refractivity contribution in [1.29, 1.82) is 0 Å². The molecule has 0 N–H and O–H groups in total. The van der Waals surface area contributed by atoms with Crippen LogP contribution in [0, 0.1) is 29.1 Å². The van der Waals surface area contributed by atoms with Gasteiger partial charge in [-0.25, -0.2) is 0 Å². The van der Waals surface area contributed by atoms with Crippen molar-refractivity contribution >= 4 is 5.78 Å². The van der Waals surface area contributed by atoms with Gasteiger partial charge in [0.05, 0.1) is 0 Å². The number of carbonyl (C=O) groups is 1. The summed E-state index contributed by atoms with van der Waals surface area (Å²) in [5, 5.41) is 0. The number of rotatable bonds is 10. The number of unbranched alkanes of at least 4 members (excludes halogenated alkanes) is 1. The third kappa shape index (κ3) is 6.79. The lowest BCUT2D eigenvalue weighted by atomic mass is 9.69. The number of ketones is 1. The highest BCUT2D eigenvalue weighted by molar-refractivity contribution is 5.89. The number of allylic oxidation sites excluding steroid dienone is 4. The van der Waals surface area contributed by atoms with Gasteiger partial charge in [0, 0.05) is 6.42 Å². The Morgan fingerprint density at radius 2 is 2.00 bits per heavy atom. The van der Waals surface area contributed by atoms with Crippen LogP contribution in [0.3, 0.4) is 0 Å². The van der Waals surface area contributed by atoms with Crippen LogP contribution in [0.4, 0.5) is 0 Å². The second-order valence-electron chi connectivity index (χ2n) is 8.53. The smallest absolute Gasteiger partial charge is 0.155 e. The monoisotopic (exact) mass is 330 g/mol. The van der Waals surface area contributed by atoms with E-state index >= 15 is 0 Å². The minimum absolute atomic E-state index is 0.0590. The molecule has 0 aromatic heterocycles. The van der Waals surface area contributed by atoms with E-state index in [1.54, 1.807) is 0 Å².